The van der Waals surface area contributed by atoms with Gasteiger partial charge in [-0.05, 0) is 36.8 Å². The number of primary amides is 1. The minimum Gasteiger partial charge on any atom is -0.352 e. The Balaban J connectivity index is 1.50. The van der Waals surface area contributed by atoms with Crippen LogP contribution in [-0.4, -0.2) is 28.9 Å². The summed E-state index contributed by atoms with van der Waals surface area (Å²) < 4.78 is 2.15. The van der Waals surface area contributed by atoms with Crippen LogP contribution >= 0.6 is 23.1 Å². The zero-order valence-electron chi connectivity index (χ0n) is 15.5. The van der Waals surface area contributed by atoms with E-state index in [1.54, 1.807) is 35.2 Å². The third-order valence-corrected chi connectivity index (χ3v) is 6.15. The van der Waals surface area contributed by atoms with E-state index < -0.39 is 23.9 Å². The quantitative estimate of drug-likeness (QED) is 0.354. The van der Waals surface area contributed by atoms with Gasteiger partial charge in [-0.15, -0.1) is 11.3 Å². The molecule has 5 N–H and O–H groups in total. The van der Waals surface area contributed by atoms with Crippen LogP contribution in [0.2, 0.25) is 0 Å². The smallest absolute Gasteiger partial charge is 0.312 e. The second kappa shape index (κ2) is 9.39. The normalized spacial score (nSPS) is 11.6. The molecule has 1 heterocycles. The van der Waals surface area contributed by atoms with Gasteiger partial charge < -0.3 is 11.1 Å². The van der Waals surface area contributed by atoms with Crippen molar-refractivity contribution in [3.05, 3.63) is 59.7 Å². The van der Waals surface area contributed by atoms with Crippen LogP contribution < -0.4 is 21.9 Å². The summed E-state index contributed by atoms with van der Waals surface area (Å²) in [7, 11) is 0. The molecule has 1 aromatic heterocycles. The van der Waals surface area contributed by atoms with Gasteiger partial charge in [-0.3, -0.25) is 20.4 Å². The number of thiazole rings is 1. The number of para-hydroxylation sites is 1. The highest BCUT2D eigenvalue weighted by molar-refractivity contribution is 8.00. The molecule has 10 heteroatoms. The van der Waals surface area contributed by atoms with E-state index in [1.165, 1.54) is 6.92 Å². The molecule has 1 unspecified atom stereocenters. The van der Waals surface area contributed by atoms with Crippen molar-refractivity contribution in [2.45, 2.75) is 23.1 Å². The second-order valence-electron chi connectivity index (χ2n) is 6.11. The molecule has 0 aliphatic carbocycles. The van der Waals surface area contributed by atoms with Crippen LogP contribution in [0.1, 0.15) is 22.8 Å². The van der Waals surface area contributed by atoms with E-state index >= 15 is 0 Å². The van der Waals surface area contributed by atoms with Gasteiger partial charge in [-0.1, -0.05) is 36.0 Å². The molecule has 1 atom stereocenters. The molecule has 3 aromatic rings. The lowest BCUT2D eigenvalue weighted by Crippen LogP contribution is -2.52. The van der Waals surface area contributed by atoms with E-state index in [9.17, 15) is 14.4 Å². The van der Waals surface area contributed by atoms with Crippen LogP contribution in [0.25, 0.3) is 10.2 Å². The van der Waals surface area contributed by atoms with Gasteiger partial charge in [0.05, 0.1) is 10.2 Å². The Labute approximate surface area is 175 Å². The lowest BCUT2D eigenvalue weighted by atomic mass is 10.1. The fourth-order valence-corrected chi connectivity index (χ4v) is 4.41. The largest absolute Gasteiger partial charge is 0.352 e. The van der Waals surface area contributed by atoms with Crippen LogP contribution in [0.4, 0.5) is 4.79 Å². The predicted octanol–water partition coefficient (Wildman–Crippen LogP) is 2.41. The second-order valence-corrected chi connectivity index (χ2v) is 8.36. The Morgan fingerprint density at radius 3 is 2.52 bits per heavy atom. The van der Waals surface area contributed by atoms with Gasteiger partial charge in [-0.25, -0.2) is 9.78 Å². The molecular weight excluding hydrogens is 410 g/mol. The van der Waals surface area contributed by atoms with Crippen molar-refractivity contribution in [3.63, 3.8) is 0 Å². The summed E-state index contributed by atoms with van der Waals surface area (Å²) >= 11 is 3.29. The van der Waals surface area contributed by atoms with Gasteiger partial charge >= 0.3 is 6.03 Å². The SMILES string of the molecule is CC(NC(N)=O)C(=O)NNC(=O)c1ccc(CSc2nc3ccccc3s2)cc1. The minimum atomic E-state index is -0.866. The van der Waals surface area contributed by atoms with E-state index in [2.05, 4.69) is 21.2 Å². The van der Waals surface area contributed by atoms with Gasteiger partial charge in [0.25, 0.3) is 11.8 Å². The average molecular weight is 430 g/mol. The zero-order chi connectivity index (χ0) is 20.8. The number of benzene rings is 2. The molecule has 0 saturated heterocycles. The summed E-state index contributed by atoms with van der Waals surface area (Å²) in [6.45, 7) is 1.45. The summed E-state index contributed by atoms with van der Waals surface area (Å²) in [5.41, 5.74) is 11.9. The number of nitrogens with zero attached hydrogens (tertiary/aromatic N) is 1. The molecule has 0 spiro atoms. The number of urea groups is 1. The fraction of sp³-hybridized carbons (Fsp3) is 0.158. The number of nitrogens with two attached hydrogens (primary N) is 1. The molecular formula is C19H19N5O3S2. The van der Waals surface area contributed by atoms with Crippen LogP contribution in [0.15, 0.2) is 52.9 Å². The van der Waals surface area contributed by atoms with E-state index in [0.29, 0.717) is 5.56 Å². The third-order valence-electron chi connectivity index (χ3n) is 3.90. The summed E-state index contributed by atoms with van der Waals surface area (Å²) in [6, 6.07) is 13.4. The Morgan fingerprint density at radius 1 is 1.10 bits per heavy atom. The predicted molar refractivity (Wildman–Crippen MR) is 113 cm³/mol. The van der Waals surface area contributed by atoms with Crippen LogP contribution in [0.3, 0.4) is 0 Å². The van der Waals surface area contributed by atoms with E-state index in [1.807, 2.05) is 36.4 Å². The lowest BCUT2D eigenvalue weighted by Gasteiger charge is -2.13. The molecule has 8 nitrogen and oxygen atoms in total. The number of amides is 4. The molecule has 2 aromatic carbocycles. The average Bonchev–Trinajstić information content (AvgIpc) is 3.13. The van der Waals surface area contributed by atoms with Crippen molar-refractivity contribution in [1.82, 2.24) is 21.2 Å². The minimum absolute atomic E-state index is 0.398. The maximum absolute atomic E-state index is 12.1. The number of hydrazine groups is 1. The molecule has 4 amide bonds. The number of nitrogens with one attached hydrogen (secondary N) is 3. The number of thioether (sulfide) groups is 1. The first-order valence-corrected chi connectivity index (χ1v) is 10.5. The number of carbonyl (C=O) groups is 3. The van der Waals surface area contributed by atoms with Crippen molar-refractivity contribution >= 4 is 51.2 Å². The van der Waals surface area contributed by atoms with Gasteiger partial charge in [-0.2, -0.15) is 0 Å². The first-order valence-electron chi connectivity index (χ1n) is 8.66. The van der Waals surface area contributed by atoms with Gasteiger partial charge in [0.1, 0.15) is 6.04 Å². The maximum atomic E-state index is 12.1. The first kappa shape index (κ1) is 20.6. The summed E-state index contributed by atoms with van der Waals surface area (Å²) in [6.07, 6.45) is 0. The van der Waals surface area contributed by atoms with Gasteiger partial charge in [0.2, 0.25) is 0 Å². The fourth-order valence-electron chi connectivity index (χ4n) is 2.39. The zero-order valence-corrected chi connectivity index (χ0v) is 17.1. The first-order chi connectivity index (χ1) is 13.9. The number of hydrogen-bond acceptors (Lipinski definition) is 6. The molecule has 150 valence electrons. The molecule has 0 radical (unpaired) electrons. The van der Waals surface area contributed by atoms with E-state index in [0.717, 1.165) is 25.9 Å². The number of rotatable bonds is 6. The van der Waals surface area contributed by atoms with Crippen LogP contribution in [0, 0.1) is 0 Å². The monoisotopic (exact) mass is 429 g/mol. The standard InChI is InChI=1S/C19H19N5O3S2/c1-11(21-18(20)27)16(25)23-24-17(26)13-8-6-12(7-9-13)10-28-19-22-14-4-2-3-5-15(14)29-19/h2-9,11H,10H2,1H3,(H,23,25)(H,24,26)(H3,20,21,27). The van der Waals surface area contributed by atoms with Gasteiger partial charge in [0.15, 0.2) is 4.34 Å². The highest BCUT2D eigenvalue weighted by Gasteiger charge is 2.15. The summed E-state index contributed by atoms with van der Waals surface area (Å²) in [4.78, 5) is 39.2. The molecule has 0 aliphatic rings. The molecule has 0 fully saturated rings. The van der Waals surface area contributed by atoms with Crippen LogP contribution in [-0.2, 0) is 10.5 Å². The Bertz CT molecular complexity index is 1000. The van der Waals surface area contributed by atoms with Crippen molar-refractivity contribution < 1.29 is 14.4 Å². The molecule has 0 saturated carbocycles. The Hall–Kier alpha value is -3.11. The maximum Gasteiger partial charge on any atom is 0.312 e. The van der Waals surface area contributed by atoms with Crippen molar-refractivity contribution in [3.8, 4) is 0 Å². The Kier molecular flexibility index (Phi) is 6.68. The Morgan fingerprint density at radius 2 is 1.83 bits per heavy atom. The number of fused-ring (bicyclic) bond motifs is 1. The third kappa shape index (κ3) is 5.69. The van der Waals surface area contributed by atoms with Crippen molar-refractivity contribution in [2.75, 3.05) is 0 Å². The molecule has 29 heavy (non-hydrogen) atoms. The van der Waals surface area contributed by atoms with Crippen LogP contribution in [0.5, 0.6) is 0 Å². The molecule has 0 aliphatic heterocycles. The molecule has 0 bridgehead atoms. The highest BCUT2D eigenvalue weighted by atomic mass is 32.2. The van der Waals surface area contributed by atoms with Crippen molar-refractivity contribution in [2.24, 2.45) is 5.73 Å². The topological polar surface area (TPSA) is 126 Å². The van der Waals surface area contributed by atoms with Crippen molar-refractivity contribution in [1.29, 1.82) is 0 Å². The highest BCUT2D eigenvalue weighted by Crippen LogP contribution is 2.31. The summed E-state index contributed by atoms with van der Waals surface area (Å²) in [5, 5.41) is 2.22. The lowest BCUT2D eigenvalue weighted by molar-refractivity contribution is -0.123. The van der Waals surface area contributed by atoms with Gasteiger partial charge in [0, 0.05) is 11.3 Å². The number of carbonyl (C=O) groups excluding carboxylic acids is 3. The summed E-state index contributed by atoms with van der Waals surface area (Å²) in [5.74, 6) is -0.314. The number of hydrogen-bond donors (Lipinski definition) is 4. The van der Waals surface area contributed by atoms with E-state index in [-0.39, 0.29) is 0 Å². The van der Waals surface area contributed by atoms with E-state index in [4.69, 9.17) is 5.73 Å². The molecule has 3 rings (SSSR count). The number of aromatic nitrogens is 1.